The van der Waals surface area contributed by atoms with Gasteiger partial charge in [0.2, 0.25) is 5.91 Å². The first-order valence-corrected chi connectivity index (χ1v) is 7.67. The van der Waals surface area contributed by atoms with Gasteiger partial charge in [-0.05, 0) is 12.5 Å². The maximum absolute atomic E-state index is 11.5. The fourth-order valence-electron chi connectivity index (χ4n) is 1.81. The number of primary amides is 2. The number of carbonyl (C=O) groups is 2. The highest BCUT2D eigenvalue weighted by atomic mass is 32.1. The first kappa shape index (κ1) is 20.3. The van der Waals surface area contributed by atoms with Gasteiger partial charge in [0.15, 0.2) is 11.5 Å². The van der Waals surface area contributed by atoms with Crippen LogP contribution in [0.2, 0.25) is 0 Å². The number of nitrogens with one attached hydrogen (secondary N) is 2. The van der Waals surface area contributed by atoms with Crippen molar-refractivity contribution in [2.45, 2.75) is 19.4 Å². The van der Waals surface area contributed by atoms with Gasteiger partial charge >= 0.3 is 0 Å². The number of amides is 2. The Bertz CT molecular complexity index is 693. The zero-order valence-corrected chi connectivity index (χ0v) is 14.7. The molecular formula is C14H21N7O3S. The van der Waals surface area contributed by atoms with E-state index in [4.69, 9.17) is 34.2 Å². The third kappa shape index (κ3) is 6.31. The van der Waals surface area contributed by atoms with Crippen molar-refractivity contribution in [3.05, 3.63) is 23.7 Å². The number of hydrogen-bond acceptors (Lipinski definition) is 8. The molecule has 10 nitrogen and oxygen atoms in total. The summed E-state index contributed by atoms with van der Waals surface area (Å²) in [6.07, 6.45) is 3.17. The molecule has 0 bridgehead atoms. The lowest BCUT2D eigenvalue weighted by atomic mass is 10.2. The molecule has 0 fully saturated rings. The number of carbonyl (C=O) groups excluding carboxylic acids is 2. The molecular weight excluding hydrogens is 346 g/mol. The molecule has 8 N–H and O–H groups in total. The summed E-state index contributed by atoms with van der Waals surface area (Å²) in [5.74, 6) is -1.07. The highest BCUT2D eigenvalue weighted by Gasteiger charge is 2.17. The highest BCUT2D eigenvalue weighted by molar-refractivity contribution is 7.81. The maximum atomic E-state index is 11.5. The molecule has 0 aliphatic carbocycles. The molecule has 0 saturated heterocycles. The Labute approximate surface area is 150 Å². The summed E-state index contributed by atoms with van der Waals surface area (Å²) in [5, 5.41) is 5.56. The number of ether oxygens (including phenoxy) is 1. The van der Waals surface area contributed by atoms with Gasteiger partial charge in [0.1, 0.15) is 16.8 Å². The fraction of sp³-hybridized carbons (Fsp3) is 0.357. The zero-order valence-electron chi connectivity index (χ0n) is 13.9. The van der Waals surface area contributed by atoms with Crippen LogP contribution in [0.5, 0.6) is 0 Å². The van der Waals surface area contributed by atoms with E-state index < -0.39 is 17.9 Å². The van der Waals surface area contributed by atoms with Crippen LogP contribution >= 0.6 is 12.2 Å². The summed E-state index contributed by atoms with van der Waals surface area (Å²) in [6, 6.07) is -0.634. The molecule has 1 aromatic rings. The van der Waals surface area contributed by atoms with Gasteiger partial charge in [-0.25, -0.2) is 9.97 Å². The van der Waals surface area contributed by atoms with Crippen LogP contribution in [-0.2, 0) is 9.53 Å². The molecule has 0 saturated carbocycles. The van der Waals surface area contributed by atoms with Crippen LogP contribution in [0.15, 0.2) is 18.0 Å². The van der Waals surface area contributed by atoms with Gasteiger partial charge < -0.3 is 32.6 Å². The van der Waals surface area contributed by atoms with Crippen molar-refractivity contribution in [1.29, 1.82) is 0 Å². The minimum atomic E-state index is -0.792. The molecule has 0 aliphatic rings. The molecule has 25 heavy (non-hydrogen) atoms. The third-order valence-electron chi connectivity index (χ3n) is 2.95. The Morgan fingerprint density at radius 1 is 1.40 bits per heavy atom. The van der Waals surface area contributed by atoms with E-state index in [1.807, 2.05) is 0 Å². The number of nitrogens with two attached hydrogens (primary N) is 3. The summed E-state index contributed by atoms with van der Waals surface area (Å²) in [4.78, 5) is 31.1. The van der Waals surface area contributed by atoms with Crippen LogP contribution in [0.3, 0.4) is 0 Å². The molecule has 1 heterocycles. The number of thiocarbonyl (C=S) groups is 1. The van der Waals surface area contributed by atoms with E-state index in [-0.39, 0.29) is 28.9 Å². The van der Waals surface area contributed by atoms with Crippen LogP contribution in [0.4, 0.5) is 11.6 Å². The first-order valence-electron chi connectivity index (χ1n) is 7.27. The second-order valence-electron chi connectivity index (χ2n) is 4.97. The predicted molar refractivity (Wildman–Crippen MR) is 97.8 cm³/mol. The Kier molecular flexibility index (Phi) is 7.69. The van der Waals surface area contributed by atoms with Gasteiger partial charge in [-0.15, -0.1) is 0 Å². The van der Waals surface area contributed by atoms with Crippen molar-refractivity contribution < 1.29 is 14.3 Å². The van der Waals surface area contributed by atoms with Gasteiger partial charge in [-0.2, -0.15) is 0 Å². The minimum absolute atomic E-state index is 0.0308. The number of anilines is 2. The van der Waals surface area contributed by atoms with Crippen molar-refractivity contribution in [2.75, 3.05) is 24.4 Å². The predicted octanol–water partition coefficient (Wildman–Crippen LogP) is -0.520. The lowest BCUT2D eigenvalue weighted by molar-refractivity contribution is -0.118. The van der Waals surface area contributed by atoms with Crippen molar-refractivity contribution in [3.8, 4) is 0 Å². The molecule has 0 aliphatic heterocycles. The lowest BCUT2D eigenvalue weighted by Gasteiger charge is -2.15. The maximum Gasteiger partial charge on any atom is 0.271 e. The summed E-state index contributed by atoms with van der Waals surface area (Å²) in [6.45, 7) is 1.97. The lowest BCUT2D eigenvalue weighted by Crippen LogP contribution is -2.35. The monoisotopic (exact) mass is 367 g/mol. The van der Waals surface area contributed by atoms with Crippen molar-refractivity contribution in [3.63, 3.8) is 0 Å². The molecule has 0 unspecified atom stereocenters. The summed E-state index contributed by atoms with van der Waals surface area (Å²) < 4.78 is 4.88. The van der Waals surface area contributed by atoms with Gasteiger partial charge in [-0.3, -0.25) is 9.59 Å². The van der Waals surface area contributed by atoms with Crippen molar-refractivity contribution in [2.24, 2.45) is 17.2 Å². The SMILES string of the molecule is CC[C@@H](Nc1cnc(C(N)=O)c(NC(=S)C=C(N)COC)n1)C(N)=O. The van der Waals surface area contributed by atoms with Crippen LogP contribution in [0, 0.1) is 0 Å². The Morgan fingerprint density at radius 3 is 2.60 bits per heavy atom. The van der Waals surface area contributed by atoms with Crippen LogP contribution < -0.4 is 27.8 Å². The van der Waals surface area contributed by atoms with Crippen LogP contribution in [0.1, 0.15) is 23.8 Å². The topological polar surface area (TPSA) is 171 Å². The molecule has 2 amide bonds. The quantitative estimate of drug-likeness (QED) is 0.284. The largest absolute Gasteiger partial charge is 0.400 e. The average Bonchev–Trinajstić information content (AvgIpc) is 2.52. The van der Waals surface area contributed by atoms with Gasteiger partial charge in [0, 0.05) is 12.8 Å². The third-order valence-corrected chi connectivity index (χ3v) is 3.17. The molecule has 0 spiro atoms. The second kappa shape index (κ2) is 9.49. The summed E-state index contributed by atoms with van der Waals surface area (Å²) >= 11 is 5.13. The van der Waals surface area contributed by atoms with Crippen LogP contribution in [0.25, 0.3) is 0 Å². The number of nitrogens with zero attached hydrogens (tertiary/aromatic N) is 2. The van der Waals surface area contributed by atoms with Gasteiger partial charge in [0.25, 0.3) is 5.91 Å². The highest BCUT2D eigenvalue weighted by Crippen LogP contribution is 2.15. The molecule has 136 valence electrons. The van der Waals surface area contributed by atoms with E-state index in [9.17, 15) is 9.59 Å². The molecule has 0 aromatic carbocycles. The summed E-state index contributed by atoms with van der Waals surface area (Å²) in [7, 11) is 1.49. The number of aromatic nitrogens is 2. The molecule has 11 heteroatoms. The standard InChI is InChI=1S/C14H21N7O3S/c1-3-8(12(16)22)19-9-5-18-11(13(17)23)14(20-9)21-10(25)4-7(15)6-24-2/h4-5,8H,3,6,15H2,1-2H3,(H2,16,22)(H2,17,23)(H2,19,20,21,25)/t8-/m1/s1. The zero-order chi connectivity index (χ0) is 19.0. The van der Waals surface area contributed by atoms with E-state index in [2.05, 4.69) is 20.6 Å². The molecule has 1 rings (SSSR count). The Hall–Kier alpha value is -2.79. The van der Waals surface area contributed by atoms with E-state index >= 15 is 0 Å². The van der Waals surface area contributed by atoms with Crippen molar-refractivity contribution >= 4 is 40.7 Å². The molecule has 1 atom stereocenters. The normalized spacial score (nSPS) is 12.3. The van der Waals surface area contributed by atoms with E-state index in [1.54, 1.807) is 6.92 Å². The number of hydrogen-bond donors (Lipinski definition) is 5. The van der Waals surface area contributed by atoms with Crippen molar-refractivity contribution in [1.82, 2.24) is 9.97 Å². The molecule has 1 aromatic heterocycles. The first-order chi connectivity index (χ1) is 11.8. The van der Waals surface area contributed by atoms with E-state index in [0.717, 1.165) is 0 Å². The Balaban J connectivity index is 3.08. The average molecular weight is 367 g/mol. The van der Waals surface area contributed by atoms with Gasteiger partial charge in [-0.1, -0.05) is 19.1 Å². The molecule has 0 radical (unpaired) electrons. The van der Waals surface area contributed by atoms with E-state index in [1.165, 1.54) is 19.4 Å². The van der Waals surface area contributed by atoms with Gasteiger partial charge in [0.05, 0.1) is 12.8 Å². The fourth-order valence-corrected chi connectivity index (χ4v) is 2.06. The second-order valence-corrected chi connectivity index (χ2v) is 5.41. The summed E-state index contributed by atoms with van der Waals surface area (Å²) in [5.41, 5.74) is 16.5. The minimum Gasteiger partial charge on any atom is -0.400 e. The number of rotatable bonds is 9. The number of methoxy groups -OCH3 is 1. The van der Waals surface area contributed by atoms with E-state index in [0.29, 0.717) is 12.1 Å². The Morgan fingerprint density at radius 2 is 2.08 bits per heavy atom. The van der Waals surface area contributed by atoms with Crippen LogP contribution in [-0.4, -0.2) is 46.5 Å². The smallest absolute Gasteiger partial charge is 0.271 e.